The number of rotatable bonds is 2. The predicted molar refractivity (Wildman–Crippen MR) is 68.7 cm³/mol. The van der Waals surface area contributed by atoms with Crippen molar-refractivity contribution in [2.24, 2.45) is 4.99 Å². The maximum Gasteiger partial charge on any atom is 0.161 e. The minimum Gasteiger partial charge on any atom is -0.332 e. The number of aryl methyl sites for hydroxylation is 1. The first-order chi connectivity index (χ1) is 7.70. The van der Waals surface area contributed by atoms with Gasteiger partial charge in [-0.1, -0.05) is 30.8 Å². The van der Waals surface area contributed by atoms with E-state index in [9.17, 15) is 4.39 Å². The Morgan fingerprint density at radius 3 is 3.00 bits per heavy atom. The zero-order chi connectivity index (χ0) is 11.5. The molecule has 1 aliphatic heterocycles. The van der Waals surface area contributed by atoms with Crippen molar-refractivity contribution in [3.05, 3.63) is 29.6 Å². The van der Waals surface area contributed by atoms with Gasteiger partial charge in [0, 0.05) is 5.25 Å². The molecule has 1 heterocycles. The fourth-order valence-electron chi connectivity index (χ4n) is 1.60. The second-order valence-electron chi connectivity index (χ2n) is 3.85. The van der Waals surface area contributed by atoms with Gasteiger partial charge >= 0.3 is 0 Å². The molecule has 2 nitrogen and oxygen atoms in total. The topological polar surface area (TPSA) is 24.4 Å². The Kier molecular flexibility index (Phi) is 3.49. The summed E-state index contributed by atoms with van der Waals surface area (Å²) in [7, 11) is 0. The molecule has 1 atom stereocenters. The van der Waals surface area contributed by atoms with Crippen LogP contribution in [0, 0.1) is 12.7 Å². The number of anilines is 1. The molecule has 0 aromatic heterocycles. The zero-order valence-electron chi connectivity index (χ0n) is 9.46. The van der Waals surface area contributed by atoms with Crippen molar-refractivity contribution in [2.45, 2.75) is 25.5 Å². The van der Waals surface area contributed by atoms with E-state index in [4.69, 9.17) is 0 Å². The number of hydrogen-bond acceptors (Lipinski definition) is 3. The fraction of sp³-hybridized carbons (Fsp3) is 0.417. The number of amidine groups is 1. The Bertz CT molecular complexity index is 397. The summed E-state index contributed by atoms with van der Waals surface area (Å²) >= 11 is 1.70. The molecular weight excluding hydrogens is 223 g/mol. The summed E-state index contributed by atoms with van der Waals surface area (Å²) in [5, 5.41) is 4.45. The molecule has 1 aromatic carbocycles. The van der Waals surface area contributed by atoms with Gasteiger partial charge in [0.2, 0.25) is 0 Å². The summed E-state index contributed by atoms with van der Waals surface area (Å²) in [6.45, 7) is 4.87. The van der Waals surface area contributed by atoms with E-state index in [0.717, 1.165) is 23.7 Å². The Morgan fingerprint density at radius 2 is 2.38 bits per heavy atom. The zero-order valence-corrected chi connectivity index (χ0v) is 10.3. The molecule has 0 spiro atoms. The average molecular weight is 238 g/mol. The summed E-state index contributed by atoms with van der Waals surface area (Å²) in [6.07, 6.45) is 1.09. The lowest BCUT2D eigenvalue weighted by Gasteiger charge is -2.10. The van der Waals surface area contributed by atoms with E-state index < -0.39 is 0 Å². The maximum absolute atomic E-state index is 13.6. The molecule has 4 heteroatoms. The minimum absolute atomic E-state index is 0.219. The average Bonchev–Trinajstić information content (AvgIpc) is 2.71. The Labute approximate surface area is 99.3 Å². The molecule has 2 rings (SSSR count). The van der Waals surface area contributed by atoms with Crippen molar-refractivity contribution >= 4 is 22.6 Å². The van der Waals surface area contributed by atoms with Crippen molar-refractivity contribution in [1.29, 1.82) is 0 Å². The highest BCUT2D eigenvalue weighted by Crippen LogP contribution is 2.27. The highest BCUT2D eigenvalue weighted by atomic mass is 32.2. The van der Waals surface area contributed by atoms with Crippen molar-refractivity contribution in [2.75, 3.05) is 11.9 Å². The van der Waals surface area contributed by atoms with Crippen molar-refractivity contribution in [3.63, 3.8) is 0 Å². The van der Waals surface area contributed by atoms with Crippen molar-refractivity contribution in [3.8, 4) is 0 Å². The van der Waals surface area contributed by atoms with Gasteiger partial charge in [0.05, 0.1) is 12.2 Å². The molecular formula is C12H15FN2S. The molecule has 1 aliphatic rings. The SMILES string of the molecule is CCC1CN=C(Nc2c(C)cccc2F)S1. The Balaban J connectivity index is 2.11. The molecule has 0 saturated heterocycles. The van der Waals surface area contributed by atoms with Crippen LogP contribution < -0.4 is 5.32 Å². The first-order valence-corrected chi connectivity index (χ1v) is 6.32. The first kappa shape index (κ1) is 11.5. The van der Waals surface area contributed by atoms with E-state index in [1.165, 1.54) is 6.07 Å². The number of halogens is 1. The molecule has 0 aliphatic carbocycles. The molecule has 16 heavy (non-hydrogen) atoms. The molecule has 1 unspecified atom stereocenters. The van der Waals surface area contributed by atoms with Crippen LogP contribution >= 0.6 is 11.8 Å². The first-order valence-electron chi connectivity index (χ1n) is 5.44. The van der Waals surface area contributed by atoms with Gasteiger partial charge in [-0.15, -0.1) is 0 Å². The number of nitrogens with zero attached hydrogens (tertiary/aromatic N) is 1. The van der Waals surface area contributed by atoms with E-state index in [2.05, 4.69) is 17.2 Å². The van der Waals surface area contributed by atoms with Crippen LogP contribution in [0.1, 0.15) is 18.9 Å². The second kappa shape index (κ2) is 4.87. The summed E-state index contributed by atoms with van der Waals surface area (Å²) < 4.78 is 13.6. The van der Waals surface area contributed by atoms with Crippen LogP contribution in [0.2, 0.25) is 0 Å². The van der Waals surface area contributed by atoms with Crippen LogP contribution in [0.5, 0.6) is 0 Å². The Hall–Kier alpha value is -1.03. The summed E-state index contributed by atoms with van der Waals surface area (Å²) in [5.41, 5.74) is 1.45. The third-order valence-corrected chi connectivity index (χ3v) is 3.90. The smallest absolute Gasteiger partial charge is 0.161 e. The van der Waals surface area contributed by atoms with Crippen molar-refractivity contribution < 1.29 is 4.39 Å². The summed E-state index contributed by atoms with van der Waals surface area (Å²) in [5.74, 6) is -0.219. The van der Waals surface area contributed by atoms with E-state index in [0.29, 0.717) is 10.9 Å². The highest BCUT2D eigenvalue weighted by Gasteiger charge is 2.19. The number of hydrogen-bond donors (Lipinski definition) is 1. The van der Waals surface area contributed by atoms with Crippen LogP contribution in [0.25, 0.3) is 0 Å². The van der Waals surface area contributed by atoms with E-state index in [1.54, 1.807) is 17.8 Å². The summed E-state index contributed by atoms with van der Waals surface area (Å²) in [6, 6.07) is 5.07. The quantitative estimate of drug-likeness (QED) is 0.853. The molecule has 0 fully saturated rings. The van der Waals surface area contributed by atoms with Crippen LogP contribution in [-0.4, -0.2) is 17.0 Å². The maximum atomic E-state index is 13.6. The minimum atomic E-state index is -0.219. The van der Waals surface area contributed by atoms with Crippen LogP contribution in [0.4, 0.5) is 10.1 Å². The molecule has 86 valence electrons. The van der Waals surface area contributed by atoms with Crippen molar-refractivity contribution in [1.82, 2.24) is 0 Å². The van der Waals surface area contributed by atoms with E-state index in [-0.39, 0.29) is 5.82 Å². The van der Waals surface area contributed by atoms with Gasteiger partial charge in [0.1, 0.15) is 5.82 Å². The van der Waals surface area contributed by atoms with E-state index in [1.807, 2.05) is 13.0 Å². The molecule has 0 amide bonds. The van der Waals surface area contributed by atoms with Crippen LogP contribution in [0.3, 0.4) is 0 Å². The summed E-state index contributed by atoms with van der Waals surface area (Å²) in [4.78, 5) is 4.37. The van der Waals surface area contributed by atoms with Gasteiger partial charge in [-0.2, -0.15) is 0 Å². The molecule has 0 bridgehead atoms. The Morgan fingerprint density at radius 1 is 1.56 bits per heavy atom. The van der Waals surface area contributed by atoms with Gasteiger partial charge in [-0.3, -0.25) is 4.99 Å². The van der Waals surface area contributed by atoms with Crippen LogP contribution in [0.15, 0.2) is 23.2 Å². The molecule has 0 saturated carbocycles. The predicted octanol–water partition coefficient (Wildman–Crippen LogP) is 3.43. The van der Waals surface area contributed by atoms with Gasteiger partial charge in [0.15, 0.2) is 5.17 Å². The lowest BCUT2D eigenvalue weighted by molar-refractivity contribution is 0.631. The van der Waals surface area contributed by atoms with Gasteiger partial charge < -0.3 is 5.32 Å². The number of thioether (sulfide) groups is 1. The van der Waals surface area contributed by atoms with Gasteiger partial charge in [0.25, 0.3) is 0 Å². The number of aliphatic imine (C=N–C) groups is 1. The number of benzene rings is 1. The number of para-hydroxylation sites is 1. The molecule has 1 aromatic rings. The highest BCUT2D eigenvalue weighted by molar-refractivity contribution is 8.15. The molecule has 0 radical (unpaired) electrons. The lowest BCUT2D eigenvalue weighted by Crippen LogP contribution is -2.09. The third-order valence-electron chi connectivity index (χ3n) is 2.63. The molecule has 1 N–H and O–H groups in total. The van der Waals surface area contributed by atoms with Gasteiger partial charge in [-0.25, -0.2) is 4.39 Å². The fourth-order valence-corrected chi connectivity index (χ4v) is 2.54. The third kappa shape index (κ3) is 2.38. The normalized spacial score (nSPS) is 19.7. The second-order valence-corrected chi connectivity index (χ2v) is 5.14. The monoisotopic (exact) mass is 238 g/mol. The number of nitrogens with one attached hydrogen (secondary N) is 1. The largest absolute Gasteiger partial charge is 0.332 e. The lowest BCUT2D eigenvalue weighted by atomic mass is 10.2. The van der Waals surface area contributed by atoms with Crippen LogP contribution in [-0.2, 0) is 0 Å². The van der Waals surface area contributed by atoms with E-state index >= 15 is 0 Å². The standard InChI is InChI=1S/C12H15FN2S/c1-3-9-7-14-12(16-9)15-11-8(2)5-4-6-10(11)13/h4-6,9H,3,7H2,1-2H3,(H,14,15). The van der Waals surface area contributed by atoms with Gasteiger partial charge in [-0.05, 0) is 25.0 Å².